The van der Waals surface area contributed by atoms with Crippen LogP contribution in [0.1, 0.15) is 83.1 Å². The third kappa shape index (κ3) is 32.2. The van der Waals surface area contributed by atoms with Crippen LogP contribution in [0.4, 0.5) is 0 Å². The van der Waals surface area contributed by atoms with Crippen LogP contribution in [0.5, 0.6) is 34.5 Å². The van der Waals surface area contributed by atoms with Gasteiger partial charge in [-0.3, -0.25) is 0 Å². The van der Waals surface area contributed by atoms with E-state index in [1.807, 2.05) is 192 Å². The lowest BCUT2D eigenvalue weighted by molar-refractivity contribution is 0.252. The van der Waals surface area contributed by atoms with Crippen molar-refractivity contribution in [3.05, 3.63) is 109 Å². The van der Waals surface area contributed by atoms with Gasteiger partial charge >= 0.3 is 0 Å². The zero-order chi connectivity index (χ0) is 48.6. The highest BCUT2D eigenvalue weighted by molar-refractivity contribution is 5.34. The quantitative estimate of drug-likeness (QED) is 0.0880. The number of rotatable bonds is 18. The zero-order valence-corrected chi connectivity index (χ0v) is 42.2. The topological polar surface area (TPSA) is 131 Å². The molecule has 0 spiro atoms. The molecule has 66 heavy (non-hydrogen) atoms. The molecule has 0 radical (unpaired) electrons. The first kappa shape index (κ1) is 59.5. The van der Waals surface area contributed by atoms with E-state index in [0.717, 1.165) is 74.1 Å². The number of benzene rings is 4. The molecule has 12 nitrogen and oxygen atoms in total. The molecule has 10 rings (SSSR count). The van der Waals surface area contributed by atoms with Gasteiger partial charge in [0.1, 0.15) is 111 Å². The Balaban J connectivity index is 0.000000413. The van der Waals surface area contributed by atoms with Gasteiger partial charge in [-0.1, -0.05) is 132 Å². The summed E-state index contributed by atoms with van der Waals surface area (Å²) in [5.41, 5.74) is 0. The Morgan fingerprint density at radius 2 is 0.439 bits per heavy atom. The Kier molecular flexibility index (Phi) is 35.7. The minimum absolute atomic E-state index is 0.282. The number of epoxide rings is 6. The van der Waals surface area contributed by atoms with Gasteiger partial charge in [0.05, 0.1) is 39.6 Å². The fraction of sp³-hybridized carbons (Fsp3) is 0.556. The van der Waals surface area contributed by atoms with Crippen LogP contribution in [0.25, 0.3) is 0 Å². The van der Waals surface area contributed by atoms with E-state index < -0.39 is 0 Å². The van der Waals surface area contributed by atoms with Crippen LogP contribution in [-0.4, -0.2) is 116 Å². The minimum atomic E-state index is 0.282. The molecule has 0 bridgehead atoms. The van der Waals surface area contributed by atoms with E-state index in [2.05, 4.69) is 0 Å². The molecule has 0 saturated carbocycles. The third-order valence-electron chi connectivity index (χ3n) is 8.13. The Morgan fingerprint density at radius 1 is 0.273 bits per heavy atom. The van der Waals surface area contributed by atoms with Gasteiger partial charge in [-0.2, -0.15) is 0 Å². The highest BCUT2D eigenvalue weighted by Crippen LogP contribution is 2.24. The van der Waals surface area contributed by atoms with Gasteiger partial charge in [0, 0.05) is 12.1 Å². The van der Waals surface area contributed by atoms with Gasteiger partial charge in [-0.25, -0.2) is 0 Å². The predicted octanol–water partition coefficient (Wildman–Crippen LogP) is 11.6. The van der Waals surface area contributed by atoms with Crippen molar-refractivity contribution >= 4 is 0 Å². The average Bonchev–Trinajstić information content (AvgIpc) is 4.20. The van der Waals surface area contributed by atoms with Gasteiger partial charge < -0.3 is 56.8 Å². The van der Waals surface area contributed by atoms with E-state index in [0.29, 0.717) is 51.8 Å². The first-order valence-electron chi connectivity index (χ1n) is 24.5. The molecule has 4 aromatic rings. The van der Waals surface area contributed by atoms with E-state index in [1.165, 1.54) is 0 Å². The second-order valence-corrected chi connectivity index (χ2v) is 13.2. The smallest absolute Gasteiger partial charge is 0.123 e. The molecule has 372 valence electrons. The number of hydrogen-bond donors (Lipinski definition) is 0. The molecule has 6 atom stereocenters. The second-order valence-electron chi connectivity index (χ2n) is 13.2. The molecule has 0 aromatic heterocycles. The first-order chi connectivity index (χ1) is 32.7. The number of para-hydroxylation sites is 2. The van der Waals surface area contributed by atoms with E-state index >= 15 is 0 Å². The molecule has 0 amide bonds. The molecular formula is C54H84O12. The monoisotopic (exact) mass is 925 g/mol. The van der Waals surface area contributed by atoms with E-state index in [1.54, 1.807) is 0 Å². The number of hydrogen-bond acceptors (Lipinski definition) is 12. The van der Waals surface area contributed by atoms with Gasteiger partial charge in [0.25, 0.3) is 0 Å². The lowest BCUT2D eigenvalue weighted by atomic mass is 10.3. The summed E-state index contributed by atoms with van der Waals surface area (Å²) in [4.78, 5) is 0. The van der Waals surface area contributed by atoms with E-state index in [4.69, 9.17) is 56.8 Å². The summed E-state index contributed by atoms with van der Waals surface area (Å²) in [7, 11) is 0. The molecule has 6 aliphatic rings. The Hall–Kier alpha value is -4.56. The second kappa shape index (κ2) is 39.6. The maximum atomic E-state index is 5.56. The Labute approximate surface area is 398 Å². The molecular weight excluding hydrogens is 841 g/mol. The van der Waals surface area contributed by atoms with Crippen molar-refractivity contribution in [3.63, 3.8) is 0 Å². The van der Waals surface area contributed by atoms with Crippen molar-refractivity contribution < 1.29 is 56.8 Å². The third-order valence-corrected chi connectivity index (χ3v) is 8.13. The molecule has 4 aromatic carbocycles. The van der Waals surface area contributed by atoms with Gasteiger partial charge in [-0.15, -0.1) is 0 Å². The summed E-state index contributed by atoms with van der Waals surface area (Å²) in [6.07, 6.45) is 1.81. The summed E-state index contributed by atoms with van der Waals surface area (Å²) < 4.78 is 63.3. The van der Waals surface area contributed by atoms with Gasteiger partial charge in [-0.05, 0) is 48.5 Å². The van der Waals surface area contributed by atoms with Crippen LogP contribution >= 0.6 is 0 Å². The maximum Gasteiger partial charge on any atom is 0.123 e. The van der Waals surface area contributed by atoms with Crippen molar-refractivity contribution in [2.24, 2.45) is 0 Å². The SMILES string of the molecule is CC.CC.CC.CC.CC.CC.c1cc(OCC2CO2)cc(OCC2CO2)c1.c1cc(OCC2CO2)cc(OCC2CO2)c1.c1ccc(OCC2CO2)cc1.c1ccc(OCC2CO2)cc1. The van der Waals surface area contributed by atoms with Crippen LogP contribution in [0.15, 0.2) is 109 Å². The lowest BCUT2D eigenvalue weighted by Crippen LogP contribution is -2.06. The normalized spacial score (nSPS) is 20.4. The van der Waals surface area contributed by atoms with Crippen molar-refractivity contribution in [1.82, 2.24) is 0 Å². The molecule has 0 aliphatic carbocycles. The van der Waals surface area contributed by atoms with Crippen molar-refractivity contribution in [3.8, 4) is 34.5 Å². The van der Waals surface area contributed by atoms with Gasteiger partial charge in [0.15, 0.2) is 0 Å². The summed E-state index contributed by atoms with van der Waals surface area (Å²) in [6, 6.07) is 34.9. The van der Waals surface area contributed by atoms with Crippen LogP contribution < -0.4 is 28.4 Å². The van der Waals surface area contributed by atoms with Crippen molar-refractivity contribution in [1.29, 1.82) is 0 Å². The van der Waals surface area contributed by atoms with Crippen molar-refractivity contribution in [2.45, 2.75) is 120 Å². The van der Waals surface area contributed by atoms with E-state index in [9.17, 15) is 0 Å². The fourth-order valence-corrected chi connectivity index (χ4v) is 4.46. The summed E-state index contributed by atoms with van der Waals surface area (Å²) in [6.45, 7) is 32.8. The van der Waals surface area contributed by atoms with Crippen LogP contribution in [0.2, 0.25) is 0 Å². The molecule has 12 heteroatoms. The van der Waals surface area contributed by atoms with E-state index in [-0.39, 0.29) is 24.4 Å². The van der Waals surface area contributed by atoms with Crippen LogP contribution in [-0.2, 0) is 28.4 Å². The average molecular weight is 925 g/mol. The predicted molar refractivity (Wildman–Crippen MR) is 265 cm³/mol. The standard InChI is InChI=1S/2C12H14O4.2C9H10O2.6C2H6/c2*1-2-9(13-5-11-7-15-11)4-10(3-1)14-6-12-8-16-12;2*1-2-4-8(5-3-1)10-6-9-7-11-9;6*1-2/h2*1-4,11-12H,5-8H2;2*1-5,9H,6-7H2;6*1-2H3. The molecule has 0 N–H and O–H groups in total. The Bertz CT molecular complexity index is 1450. The Morgan fingerprint density at radius 3 is 0.621 bits per heavy atom. The minimum Gasteiger partial charge on any atom is -0.491 e. The van der Waals surface area contributed by atoms with Crippen LogP contribution in [0.3, 0.4) is 0 Å². The largest absolute Gasteiger partial charge is 0.491 e. The summed E-state index contributed by atoms with van der Waals surface area (Å²) >= 11 is 0. The summed E-state index contributed by atoms with van der Waals surface area (Å²) in [5.74, 6) is 5.13. The highest BCUT2D eigenvalue weighted by atomic mass is 16.6. The van der Waals surface area contributed by atoms with Crippen LogP contribution in [0, 0.1) is 0 Å². The first-order valence-corrected chi connectivity index (χ1v) is 24.5. The summed E-state index contributed by atoms with van der Waals surface area (Å²) in [5, 5.41) is 0. The number of ether oxygens (including phenoxy) is 12. The molecule has 6 unspecified atom stereocenters. The lowest BCUT2D eigenvalue weighted by Gasteiger charge is -2.07. The van der Waals surface area contributed by atoms with Crippen molar-refractivity contribution in [2.75, 3.05) is 79.3 Å². The highest BCUT2D eigenvalue weighted by Gasteiger charge is 2.26. The maximum absolute atomic E-state index is 5.56. The molecule has 6 fully saturated rings. The molecule has 6 heterocycles. The molecule has 6 aliphatic heterocycles. The van der Waals surface area contributed by atoms with Gasteiger partial charge in [0.2, 0.25) is 0 Å². The zero-order valence-electron chi connectivity index (χ0n) is 42.2. The molecule has 6 saturated heterocycles. The fourth-order valence-electron chi connectivity index (χ4n) is 4.46.